The molecule has 0 aromatic carbocycles. The van der Waals surface area contributed by atoms with E-state index in [1.807, 2.05) is 0 Å². The number of carbonyl (C=O) groups excluding carboxylic acids is 1. The van der Waals surface area contributed by atoms with Gasteiger partial charge in [-0.1, -0.05) is 0 Å². The fourth-order valence-corrected chi connectivity index (χ4v) is 0.791. The van der Waals surface area contributed by atoms with Crippen molar-refractivity contribution in [1.82, 2.24) is 9.97 Å². The molecule has 0 atom stereocenters. The first kappa shape index (κ1) is 7.74. The van der Waals surface area contributed by atoms with Crippen LogP contribution in [0.1, 0.15) is 21.0 Å². The standard InChI is InChI=1S/C5H3ClN2O3/c6-5-7-2(1-9)3(8-5)4(10)11/h1H,(H,7,8)(H,10,11). The minimum Gasteiger partial charge on any atom is -0.476 e. The second-order valence-electron chi connectivity index (χ2n) is 1.71. The van der Waals surface area contributed by atoms with Gasteiger partial charge < -0.3 is 10.1 Å². The monoisotopic (exact) mass is 174 g/mol. The zero-order valence-corrected chi connectivity index (χ0v) is 5.92. The summed E-state index contributed by atoms with van der Waals surface area (Å²) in [6, 6.07) is 0. The Morgan fingerprint density at radius 2 is 2.36 bits per heavy atom. The van der Waals surface area contributed by atoms with Gasteiger partial charge in [-0.15, -0.1) is 0 Å². The minimum absolute atomic E-state index is 0.107. The van der Waals surface area contributed by atoms with Gasteiger partial charge in [-0.2, -0.15) is 0 Å². The van der Waals surface area contributed by atoms with Gasteiger partial charge in [0.25, 0.3) is 0 Å². The maximum absolute atomic E-state index is 10.3. The number of halogens is 1. The minimum atomic E-state index is -1.28. The molecule has 0 spiro atoms. The van der Waals surface area contributed by atoms with Crippen molar-refractivity contribution in [2.24, 2.45) is 0 Å². The van der Waals surface area contributed by atoms with Crippen molar-refractivity contribution in [1.29, 1.82) is 0 Å². The van der Waals surface area contributed by atoms with E-state index in [9.17, 15) is 9.59 Å². The van der Waals surface area contributed by atoms with Crippen LogP contribution in [0.2, 0.25) is 5.28 Å². The Labute approximate surface area is 66.0 Å². The number of carbonyl (C=O) groups is 2. The molecule has 1 rings (SSSR count). The van der Waals surface area contributed by atoms with E-state index in [1.165, 1.54) is 0 Å². The Kier molecular flexibility index (Phi) is 1.91. The van der Waals surface area contributed by atoms with E-state index in [0.717, 1.165) is 0 Å². The highest BCUT2D eigenvalue weighted by Gasteiger charge is 2.14. The highest BCUT2D eigenvalue weighted by atomic mass is 35.5. The van der Waals surface area contributed by atoms with Crippen LogP contribution in [0.15, 0.2) is 0 Å². The topological polar surface area (TPSA) is 83.0 Å². The molecular formula is C5H3ClN2O3. The number of aromatic nitrogens is 2. The Bertz CT molecular complexity index is 307. The second-order valence-corrected chi connectivity index (χ2v) is 2.07. The van der Waals surface area contributed by atoms with Crippen LogP contribution in [-0.4, -0.2) is 27.3 Å². The molecule has 0 fully saturated rings. The van der Waals surface area contributed by atoms with Gasteiger partial charge in [0.2, 0.25) is 5.28 Å². The van der Waals surface area contributed by atoms with Crippen LogP contribution in [0.4, 0.5) is 0 Å². The van der Waals surface area contributed by atoms with Gasteiger partial charge in [0.1, 0.15) is 5.69 Å². The maximum atomic E-state index is 10.3. The van der Waals surface area contributed by atoms with Crippen LogP contribution in [0.25, 0.3) is 0 Å². The van der Waals surface area contributed by atoms with E-state index in [0.29, 0.717) is 6.29 Å². The molecular weight excluding hydrogens is 172 g/mol. The number of aldehydes is 1. The number of carboxylic acid groups (broad SMARTS) is 1. The second kappa shape index (κ2) is 2.71. The zero-order valence-electron chi connectivity index (χ0n) is 5.17. The summed E-state index contributed by atoms with van der Waals surface area (Å²) < 4.78 is 0. The maximum Gasteiger partial charge on any atom is 0.356 e. The summed E-state index contributed by atoms with van der Waals surface area (Å²) in [7, 11) is 0. The average molecular weight is 175 g/mol. The van der Waals surface area contributed by atoms with Crippen LogP contribution in [0.3, 0.4) is 0 Å². The van der Waals surface area contributed by atoms with Gasteiger partial charge in [-0.3, -0.25) is 4.79 Å². The molecule has 0 saturated carbocycles. The zero-order chi connectivity index (χ0) is 8.43. The average Bonchev–Trinajstić information content (AvgIpc) is 2.30. The molecule has 11 heavy (non-hydrogen) atoms. The molecule has 0 bridgehead atoms. The molecule has 6 heteroatoms. The molecule has 1 heterocycles. The lowest BCUT2D eigenvalue weighted by molar-refractivity contribution is 0.0688. The third-order valence-corrected chi connectivity index (χ3v) is 1.20. The summed E-state index contributed by atoms with van der Waals surface area (Å²) in [5.74, 6) is -1.28. The number of imidazole rings is 1. The summed E-state index contributed by atoms with van der Waals surface area (Å²) in [5, 5.41) is 8.30. The molecule has 58 valence electrons. The van der Waals surface area contributed by atoms with Crippen LogP contribution >= 0.6 is 11.6 Å². The molecule has 0 saturated heterocycles. The first-order valence-electron chi connectivity index (χ1n) is 2.59. The SMILES string of the molecule is O=Cc1[nH]c(Cl)nc1C(=O)O. The number of hydrogen-bond donors (Lipinski definition) is 2. The number of aromatic amines is 1. The smallest absolute Gasteiger partial charge is 0.356 e. The van der Waals surface area contributed by atoms with Gasteiger partial charge in [0, 0.05) is 0 Å². The molecule has 0 amide bonds. The molecule has 1 aromatic rings. The van der Waals surface area contributed by atoms with E-state index in [4.69, 9.17) is 16.7 Å². The van der Waals surface area contributed by atoms with Crippen molar-refractivity contribution in [3.8, 4) is 0 Å². The molecule has 0 unspecified atom stereocenters. The lowest BCUT2D eigenvalue weighted by atomic mass is 10.3. The van der Waals surface area contributed by atoms with Crippen LogP contribution in [0.5, 0.6) is 0 Å². The van der Waals surface area contributed by atoms with Crippen molar-refractivity contribution in [3.05, 3.63) is 16.7 Å². The Morgan fingerprint density at radius 1 is 1.73 bits per heavy atom. The molecule has 0 aliphatic rings. The van der Waals surface area contributed by atoms with E-state index >= 15 is 0 Å². The molecule has 2 N–H and O–H groups in total. The summed E-state index contributed by atoms with van der Waals surface area (Å²) in [4.78, 5) is 26.1. The van der Waals surface area contributed by atoms with Gasteiger partial charge in [0.05, 0.1) is 0 Å². The molecule has 1 aromatic heterocycles. The number of nitrogens with one attached hydrogen (secondary N) is 1. The van der Waals surface area contributed by atoms with Crippen molar-refractivity contribution < 1.29 is 14.7 Å². The predicted molar refractivity (Wildman–Crippen MR) is 35.9 cm³/mol. The van der Waals surface area contributed by atoms with Crippen molar-refractivity contribution in [2.75, 3.05) is 0 Å². The quantitative estimate of drug-likeness (QED) is 0.643. The third kappa shape index (κ3) is 1.38. The lowest BCUT2D eigenvalue weighted by Crippen LogP contribution is -2.00. The summed E-state index contributed by atoms with van der Waals surface area (Å²) >= 11 is 5.30. The Hall–Kier alpha value is -1.36. The Balaban J connectivity index is 3.22. The fraction of sp³-hybridized carbons (Fsp3) is 0. The highest BCUT2D eigenvalue weighted by Crippen LogP contribution is 2.07. The first-order valence-corrected chi connectivity index (χ1v) is 2.97. The van der Waals surface area contributed by atoms with Crippen molar-refractivity contribution in [3.63, 3.8) is 0 Å². The molecule has 0 aliphatic carbocycles. The first-order chi connectivity index (χ1) is 5.15. The predicted octanol–water partition coefficient (Wildman–Crippen LogP) is 0.574. The lowest BCUT2D eigenvalue weighted by Gasteiger charge is -1.84. The van der Waals surface area contributed by atoms with E-state index in [-0.39, 0.29) is 16.7 Å². The van der Waals surface area contributed by atoms with Gasteiger partial charge in [-0.25, -0.2) is 9.78 Å². The molecule has 0 radical (unpaired) electrons. The number of H-pyrrole nitrogens is 1. The Morgan fingerprint density at radius 3 is 2.73 bits per heavy atom. The third-order valence-electron chi connectivity index (χ3n) is 1.02. The number of hydrogen-bond acceptors (Lipinski definition) is 3. The van der Waals surface area contributed by atoms with Crippen molar-refractivity contribution >= 4 is 23.9 Å². The molecule has 5 nitrogen and oxygen atoms in total. The number of carboxylic acids is 1. The van der Waals surface area contributed by atoms with E-state index in [2.05, 4.69) is 9.97 Å². The number of aromatic carboxylic acids is 1. The number of rotatable bonds is 2. The summed E-state index contributed by atoms with van der Waals surface area (Å²) in [6.45, 7) is 0. The fourth-order valence-electron chi connectivity index (χ4n) is 0.605. The van der Waals surface area contributed by atoms with Crippen LogP contribution in [0, 0.1) is 0 Å². The normalized spacial score (nSPS) is 9.55. The number of nitrogens with zero attached hydrogens (tertiary/aromatic N) is 1. The van der Waals surface area contributed by atoms with Crippen LogP contribution in [-0.2, 0) is 0 Å². The van der Waals surface area contributed by atoms with Crippen LogP contribution < -0.4 is 0 Å². The summed E-state index contributed by atoms with van der Waals surface area (Å²) in [5.41, 5.74) is -0.479. The van der Waals surface area contributed by atoms with Gasteiger partial charge in [0.15, 0.2) is 12.0 Å². The summed E-state index contributed by atoms with van der Waals surface area (Å²) in [6.07, 6.45) is 0.350. The molecule has 0 aliphatic heterocycles. The van der Waals surface area contributed by atoms with E-state index < -0.39 is 5.97 Å². The highest BCUT2D eigenvalue weighted by molar-refractivity contribution is 6.28. The van der Waals surface area contributed by atoms with E-state index in [1.54, 1.807) is 0 Å². The van der Waals surface area contributed by atoms with Gasteiger partial charge in [-0.05, 0) is 11.6 Å². The van der Waals surface area contributed by atoms with Gasteiger partial charge >= 0.3 is 5.97 Å². The largest absolute Gasteiger partial charge is 0.476 e. The van der Waals surface area contributed by atoms with Crippen molar-refractivity contribution in [2.45, 2.75) is 0 Å².